The van der Waals surface area contributed by atoms with Gasteiger partial charge in [0.2, 0.25) is 5.91 Å². The lowest BCUT2D eigenvalue weighted by molar-refractivity contribution is -0.138. The van der Waals surface area contributed by atoms with Crippen LogP contribution in [-0.2, 0) is 16.6 Å². The molecule has 2 aliphatic rings. The lowest BCUT2D eigenvalue weighted by Gasteiger charge is -2.50. The molecule has 2 aromatic carbocycles. The number of hydrogen-bond donors (Lipinski definition) is 0. The molecule has 1 saturated heterocycles. The number of fused-ring (bicyclic) bond motifs is 3. The van der Waals surface area contributed by atoms with Crippen molar-refractivity contribution >= 4 is 5.91 Å². The number of carbonyl (C=O) groups excluding carboxylic acids is 1. The molecule has 0 radical (unpaired) electrons. The highest BCUT2D eigenvalue weighted by Gasteiger charge is 2.46. The largest absolute Gasteiger partial charge is 0.342 e. The van der Waals surface area contributed by atoms with Gasteiger partial charge in [-0.1, -0.05) is 25.1 Å². The number of carbonyl (C=O) groups is 1. The topological polar surface area (TPSA) is 20.3 Å². The molecule has 0 unspecified atom stereocenters. The summed E-state index contributed by atoms with van der Waals surface area (Å²) in [6.07, 6.45) is 2.91. The molecule has 0 spiro atoms. The van der Waals surface area contributed by atoms with E-state index in [2.05, 4.69) is 6.92 Å². The highest BCUT2D eigenvalue weighted by Crippen LogP contribution is 2.46. The van der Waals surface area contributed by atoms with Crippen LogP contribution in [0.5, 0.6) is 0 Å². The number of benzene rings is 2. The van der Waals surface area contributed by atoms with Crippen LogP contribution in [-0.4, -0.2) is 23.9 Å². The van der Waals surface area contributed by atoms with Gasteiger partial charge in [-0.25, -0.2) is 13.2 Å². The zero-order valence-electron chi connectivity index (χ0n) is 14.8. The summed E-state index contributed by atoms with van der Waals surface area (Å²) in [7, 11) is 1.86. The minimum Gasteiger partial charge on any atom is -0.342 e. The standard InChI is InChI=1S/C21H20F3NO/c1-21-8-7-20(26)25(2)19(21)6-4-13-9-12(3-5-15(13)21)14-10-17(23)18(24)11-16(14)22/h3,5,9-11,19H,4,6-8H2,1-2H3/t19-,21-/m1/s1. The molecule has 1 fully saturated rings. The second-order valence-corrected chi connectivity index (χ2v) is 7.59. The molecule has 2 atom stereocenters. The Balaban J connectivity index is 1.78. The number of nitrogens with zero attached hydrogens (tertiary/aromatic N) is 1. The van der Waals surface area contributed by atoms with Crippen molar-refractivity contribution in [1.29, 1.82) is 0 Å². The third-order valence-corrected chi connectivity index (χ3v) is 6.18. The van der Waals surface area contributed by atoms with Crippen molar-refractivity contribution in [3.8, 4) is 11.1 Å². The molecule has 2 nitrogen and oxygen atoms in total. The van der Waals surface area contributed by atoms with E-state index in [0.29, 0.717) is 18.1 Å². The van der Waals surface area contributed by atoms with Crippen molar-refractivity contribution in [2.24, 2.45) is 0 Å². The molecule has 1 aliphatic carbocycles. The van der Waals surface area contributed by atoms with Gasteiger partial charge in [0.1, 0.15) is 5.82 Å². The molecule has 1 heterocycles. The predicted octanol–water partition coefficient (Wildman–Crippen LogP) is 4.60. The number of aryl methyl sites for hydroxylation is 1. The second-order valence-electron chi connectivity index (χ2n) is 7.59. The summed E-state index contributed by atoms with van der Waals surface area (Å²) in [5, 5.41) is 0. The van der Waals surface area contributed by atoms with Crippen LogP contribution in [0.3, 0.4) is 0 Å². The molecule has 4 rings (SSSR count). The van der Waals surface area contributed by atoms with Crippen LogP contribution in [0.2, 0.25) is 0 Å². The van der Waals surface area contributed by atoms with Crippen molar-refractivity contribution < 1.29 is 18.0 Å². The first kappa shape index (κ1) is 17.1. The fraction of sp³-hybridized carbons (Fsp3) is 0.381. The Bertz CT molecular complexity index is 910. The lowest BCUT2D eigenvalue weighted by Crippen LogP contribution is -2.56. The quantitative estimate of drug-likeness (QED) is 0.682. The predicted molar refractivity (Wildman–Crippen MR) is 93.2 cm³/mol. The average Bonchev–Trinajstić information content (AvgIpc) is 2.61. The molecule has 0 aromatic heterocycles. The van der Waals surface area contributed by atoms with Gasteiger partial charge in [0.25, 0.3) is 0 Å². The third-order valence-electron chi connectivity index (χ3n) is 6.18. The summed E-state index contributed by atoms with van der Waals surface area (Å²) in [4.78, 5) is 13.9. The first-order chi connectivity index (χ1) is 12.3. The molecular weight excluding hydrogens is 339 g/mol. The number of likely N-dealkylation sites (tertiary alicyclic amines) is 1. The monoisotopic (exact) mass is 359 g/mol. The van der Waals surface area contributed by atoms with E-state index >= 15 is 0 Å². The summed E-state index contributed by atoms with van der Waals surface area (Å²) in [5.74, 6) is -2.84. The smallest absolute Gasteiger partial charge is 0.222 e. The van der Waals surface area contributed by atoms with E-state index in [0.717, 1.165) is 30.9 Å². The van der Waals surface area contributed by atoms with Crippen molar-refractivity contribution in [3.05, 3.63) is 58.9 Å². The summed E-state index contributed by atoms with van der Waals surface area (Å²) in [6, 6.07) is 7.25. The van der Waals surface area contributed by atoms with Gasteiger partial charge in [-0.15, -0.1) is 0 Å². The van der Waals surface area contributed by atoms with Crippen molar-refractivity contribution in [1.82, 2.24) is 4.90 Å². The van der Waals surface area contributed by atoms with Gasteiger partial charge in [-0.2, -0.15) is 0 Å². The van der Waals surface area contributed by atoms with Crippen molar-refractivity contribution in [2.75, 3.05) is 7.05 Å². The van der Waals surface area contributed by atoms with Crippen LogP contribution in [0.1, 0.15) is 37.3 Å². The lowest BCUT2D eigenvalue weighted by atomic mass is 9.63. The maximum atomic E-state index is 14.1. The van der Waals surface area contributed by atoms with E-state index < -0.39 is 17.5 Å². The number of likely N-dealkylation sites (N-methyl/N-ethyl adjacent to an activating group) is 1. The van der Waals surface area contributed by atoms with Crippen LogP contribution in [0.15, 0.2) is 30.3 Å². The van der Waals surface area contributed by atoms with Crippen LogP contribution in [0.4, 0.5) is 13.2 Å². The SMILES string of the molecule is CN1C(=O)CC[C@]2(C)c3ccc(-c4cc(F)c(F)cc4F)cc3CC[C@@H]12. The molecule has 26 heavy (non-hydrogen) atoms. The van der Waals surface area contributed by atoms with Crippen molar-refractivity contribution in [3.63, 3.8) is 0 Å². The maximum Gasteiger partial charge on any atom is 0.222 e. The minimum absolute atomic E-state index is 0.0647. The zero-order valence-corrected chi connectivity index (χ0v) is 14.8. The maximum absolute atomic E-state index is 14.1. The molecule has 5 heteroatoms. The molecule has 0 N–H and O–H groups in total. The molecule has 0 saturated carbocycles. The highest BCUT2D eigenvalue weighted by molar-refractivity contribution is 5.78. The Morgan fingerprint density at radius 1 is 1.04 bits per heavy atom. The first-order valence-electron chi connectivity index (χ1n) is 8.85. The summed E-state index contributed by atoms with van der Waals surface area (Å²) in [5.41, 5.74) is 2.73. The fourth-order valence-electron chi connectivity index (χ4n) is 4.70. The number of rotatable bonds is 1. The Morgan fingerprint density at radius 3 is 2.54 bits per heavy atom. The molecule has 1 aliphatic heterocycles. The van der Waals surface area contributed by atoms with E-state index in [4.69, 9.17) is 0 Å². The molecule has 0 bridgehead atoms. The number of hydrogen-bond acceptors (Lipinski definition) is 1. The number of amides is 1. The normalized spacial score (nSPS) is 25.0. The van der Waals surface area contributed by atoms with Crippen LogP contribution < -0.4 is 0 Å². The van der Waals surface area contributed by atoms with Gasteiger partial charge in [-0.05, 0) is 42.0 Å². The van der Waals surface area contributed by atoms with E-state index in [1.54, 1.807) is 6.07 Å². The Hall–Kier alpha value is -2.30. The van der Waals surface area contributed by atoms with Gasteiger partial charge in [-0.3, -0.25) is 4.79 Å². The van der Waals surface area contributed by atoms with Gasteiger partial charge in [0.05, 0.1) is 0 Å². The van der Waals surface area contributed by atoms with Crippen LogP contribution in [0.25, 0.3) is 11.1 Å². The number of halogens is 3. The molecular formula is C21H20F3NO. The van der Waals surface area contributed by atoms with E-state index in [1.807, 2.05) is 24.1 Å². The zero-order chi connectivity index (χ0) is 18.6. The van der Waals surface area contributed by atoms with Gasteiger partial charge in [0, 0.05) is 36.6 Å². The first-order valence-corrected chi connectivity index (χ1v) is 8.85. The minimum atomic E-state index is -1.19. The van der Waals surface area contributed by atoms with E-state index in [9.17, 15) is 18.0 Å². The molecule has 2 aromatic rings. The van der Waals surface area contributed by atoms with Crippen LogP contribution >= 0.6 is 0 Å². The van der Waals surface area contributed by atoms with Crippen LogP contribution in [0, 0.1) is 17.5 Å². The van der Waals surface area contributed by atoms with Gasteiger partial charge in [0.15, 0.2) is 11.6 Å². The third kappa shape index (κ3) is 2.44. The van der Waals surface area contributed by atoms with Gasteiger partial charge < -0.3 is 4.90 Å². The van der Waals surface area contributed by atoms with E-state index in [-0.39, 0.29) is 22.9 Å². The second kappa shape index (κ2) is 5.86. The fourth-order valence-corrected chi connectivity index (χ4v) is 4.70. The summed E-state index contributed by atoms with van der Waals surface area (Å²) in [6.45, 7) is 2.18. The summed E-state index contributed by atoms with van der Waals surface area (Å²) >= 11 is 0. The average molecular weight is 359 g/mol. The highest BCUT2D eigenvalue weighted by atomic mass is 19.2. The van der Waals surface area contributed by atoms with E-state index in [1.165, 1.54) is 5.56 Å². The Morgan fingerprint density at radius 2 is 1.77 bits per heavy atom. The Kier molecular flexibility index (Phi) is 3.86. The van der Waals surface area contributed by atoms with Gasteiger partial charge >= 0.3 is 0 Å². The number of piperidine rings is 1. The molecule has 136 valence electrons. The summed E-state index contributed by atoms with van der Waals surface area (Å²) < 4.78 is 40.9. The van der Waals surface area contributed by atoms with Crippen molar-refractivity contribution in [2.45, 2.75) is 44.1 Å². The Labute approximate surface area is 150 Å². The molecule has 1 amide bonds.